The number of aliphatic hydroxyl groups excluding tert-OH is 1. The summed E-state index contributed by atoms with van der Waals surface area (Å²) in [4.78, 5) is 10.8. The van der Waals surface area contributed by atoms with Crippen molar-refractivity contribution in [3.63, 3.8) is 0 Å². The van der Waals surface area contributed by atoms with Crippen LogP contribution in [0.4, 0.5) is 5.82 Å². The number of anilines is 1. The molecule has 1 aromatic rings. The fourth-order valence-corrected chi connectivity index (χ4v) is 1.56. The highest BCUT2D eigenvalue weighted by molar-refractivity contribution is 5.90. The zero-order chi connectivity index (χ0) is 13.8. The highest BCUT2D eigenvalue weighted by atomic mass is 16.3. The van der Waals surface area contributed by atoms with Gasteiger partial charge in [-0.05, 0) is 24.0 Å². The maximum atomic E-state index is 10.8. The molecule has 1 rings (SSSR count). The summed E-state index contributed by atoms with van der Waals surface area (Å²) in [7, 11) is 0. The largest absolute Gasteiger partial charge is 0.391 e. The molecular formula is C12H20N4O2. The van der Waals surface area contributed by atoms with Crippen molar-refractivity contribution in [1.29, 1.82) is 0 Å². The van der Waals surface area contributed by atoms with Crippen LogP contribution in [-0.4, -0.2) is 33.9 Å². The number of nitrogens with zero attached hydrogens (tertiary/aromatic N) is 2. The van der Waals surface area contributed by atoms with Gasteiger partial charge in [0.25, 0.3) is 5.91 Å². The average molecular weight is 252 g/mol. The van der Waals surface area contributed by atoms with Gasteiger partial charge in [0.1, 0.15) is 5.82 Å². The Morgan fingerprint density at radius 2 is 2.11 bits per heavy atom. The molecule has 0 fully saturated rings. The molecule has 0 radical (unpaired) electrons. The van der Waals surface area contributed by atoms with Gasteiger partial charge in [0.15, 0.2) is 5.69 Å². The molecular weight excluding hydrogens is 232 g/mol. The number of amides is 1. The summed E-state index contributed by atoms with van der Waals surface area (Å²) >= 11 is 0. The molecule has 0 aliphatic heterocycles. The van der Waals surface area contributed by atoms with E-state index < -0.39 is 12.0 Å². The second-order valence-electron chi connectivity index (χ2n) is 5.47. The number of aliphatic hydroxyl groups is 1. The van der Waals surface area contributed by atoms with Crippen LogP contribution in [0, 0.1) is 5.41 Å². The molecule has 0 aliphatic rings. The molecule has 0 aliphatic carbocycles. The molecule has 0 aromatic carbocycles. The first-order chi connectivity index (χ1) is 8.28. The molecule has 1 amide bonds. The first-order valence-electron chi connectivity index (χ1n) is 5.83. The molecule has 4 N–H and O–H groups in total. The lowest BCUT2D eigenvalue weighted by molar-refractivity contribution is 0.0994. The van der Waals surface area contributed by atoms with Gasteiger partial charge in [0, 0.05) is 6.54 Å². The Morgan fingerprint density at radius 3 is 2.56 bits per heavy atom. The molecule has 6 heteroatoms. The number of primary amides is 1. The highest BCUT2D eigenvalue weighted by Gasteiger charge is 2.16. The van der Waals surface area contributed by atoms with Crippen molar-refractivity contribution in [2.24, 2.45) is 11.1 Å². The second-order valence-corrected chi connectivity index (χ2v) is 5.47. The molecule has 0 bridgehead atoms. The minimum absolute atomic E-state index is 0.0720. The standard InChI is InChI=1S/C12H20N4O2/c1-12(2,3)6-8(17)7-14-10-5-4-9(11(13)18)15-16-10/h4-5,8,17H,6-7H2,1-3H3,(H2,13,18)(H,14,16). The third kappa shape index (κ3) is 5.09. The van der Waals surface area contributed by atoms with E-state index in [2.05, 4.69) is 36.3 Å². The Bertz CT molecular complexity index is 398. The zero-order valence-corrected chi connectivity index (χ0v) is 11.0. The monoisotopic (exact) mass is 252 g/mol. The van der Waals surface area contributed by atoms with Gasteiger partial charge in [-0.3, -0.25) is 4.79 Å². The van der Waals surface area contributed by atoms with Crippen molar-refractivity contribution in [3.8, 4) is 0 Å². The van der Waals surface area contributed by atoms with Crippen LogP contribution >= 0.6 is 0 Å². The smallest absolute Gasteiger partial charge is 0.269 e. The van der Waals surface area contributed by atoms with Crippen LogP contribution in [0.15, 0.2) is 12.1 Å². The third-order valence-corrected chi connectivity index (χ3v) is 2.28. The van der Waals surface area contributed by atoms with Crippen LogP contribution in [0.3, 0.4) is 0 Å². The average Bonchev–Trinajstić information content (AvgIpc) is 2.24. The van der Waals surface area contributed by atoms with Gasteiger partial charge in [0.05, 0.1) is 6.10 Å². The number of hydrogen-bond acceptors (Lipinski definition) is 5. The number of aromatic nitrogens is 2. The SMILES string of the molecule is CC(C)(C)CC(O)CNc1ccc(C(N)=O)nn1. The quantitative estimate of drug-likeness (QED) is 0.719. The lowest BCUT2D eigenvalue weighted by atomic mass is 9.89. The number of rotatable bonds is 5. The molecule has 1 heterocycles. The van der Waals surface area contributed by atoms with E-state index >= 15 is 0 Å². The fourth-order valence-electron chi connectivity index (χ4n) is 1.56. The summed E-state index contributed by atoms with van der Waals surface area (Å²) in [5.74, 6) is -0.102. The Hall–Kier alpha value is -1.69. The predicted molar refractivity (Wildman–Crippen MR) is 69.1 cm³/mol. The summed E-state index contributed by atoms with van der Waals surface area (Å²) < 4.78 is 0. The maximum absolute atomic E-state index is 10.8. The highest BCUT2D eigenvalue weighted by Crippen LogP contribution is 2.20. The van der Waals surface area contributed by atoms with E-state index in [1.807, 2.05) is 0 Å². The Kier molecular flexibility index (Phi) is 4.61. The van der Waals surface area contributed by atoms with Gasteiger partial charge in [-0.2, -0.15) is 0 Å². The molecule has 100 valence electrons. The Morgan fingerprint density at radius 1 is 1.44 bits per heavy atom. The third-order valence-electron chi connectivity index (χ3n) is 2.28. The van der Waals surface area contributed by atoms with Crippen LogP contribution in [0.1, 0.15) is 37.7 Å². The number of nitrogens with one attached hydrogen (secondary N) is 1. The number of nitrogens with two attached hydrogens (primary N) is 1. The number of carbonyl (C=O) groups excluding carboxylic acids is 1. The van der Waals surface area contributed by atoms with Crippen molar-refractivity contribution in [2.75, 3.05) is 11.9 Å². The van der Waals surface area contributed by atoms with E-state index in [9.17, 15) is 9.90 Å². The topological polar surface area (TPSA) is 101 Å². The van der Waals surface area contributed by atoms with Crippen molar-refractivity contribution in [2.45, 2.75) is 33.3 Å². The van der Waals surface area contributed by atoms with E-state index in [0.717, 1.165) is 0 Å². The van der Waals surface area contributed by atoms with Crippen LogP contribution in [0.25, 0.3) is 0 Å². The molecule has 0 spiro atoms. The normalized spacial score (nSPS) is 13.1. The molecule has 1 unspecified atom stereocenters. The van der Waals surface area contributed by atoms with E-state index in [-0.39, 0.29) is 11.1 Å². The Balaban J connectivity index is 2.46. The minimum atomic E-state index is -0.609. The summed E-state index contributed by atoms with van der Waals surface area (Å²) in [5, 5.41) is 20.2. The van der Waals surface area contributed by atoms with Gasteiger partial charge in [-0.25, -0.2) is 0 Å². The summed E-state index contributed by atoms with van der Waals surface area (Å²) in [6.07, 6.45) is 0.231. The lowest BCUT2D eigenvalue weighted by Gasteiger charge is -2.22. The molecule has 18 heavy (non-hydrogen) atoms. The number of hydrogen-bond donors (Lipinski definition) is 3. The van der Waals surface area contributed by atoms with Crippen LogP contribution < -0.4 is 11.1 Å². The fraction of sp³-hybridized carbons (Fsp3) is 0.583. The molecule has 0 saturated heterocycles. The van der Waals surface area contributed by atoms with Crippen molar-refractivity contribution in [3.05, 3.63) is 17.8 Å². The zero-order valence-electron chi connectivity index (χ0n) is 11.0. The van der Waals surface area contributed by atoms with E-state index in [1.54, 1.807) is 6.07 Å². The van der Waals surface area contributed by atoms with Gasteiger partial charge < -0.3 is 16.2 Å². The first-order valence-corrected chi connectivity index (χ1v) is 5.83. The van der Waals surface area contributed by atoms with Crippen LogP contribution in [0.2, 0.25) is 0 Å². The first kappa shape index (κ1) is 14.4. The van der Waals surface area contributed by atoms with Gasteiger partial charge >= 0.3 is 0 Å². The molecule has 6 nitrogen and oxygen atoms in total. The second kappa shape index (κ2) is 5.77. The maximum Gasteiger partial charge on any atom is 0.269 e. The summed E-state index contributed by atoms with van der Waals surface area (Å²) in [5.41, 5.74) is 5.25. The Labute approximate surface area is 107 Å². The molecule has 0 saturated carbocycles. The van der Waals surface area contributed by atoms with E-state index in [4.69, 9.17) is 5.73 Å². The van der Waals surface area contributed by atoms with E-state index in [1.165, 1.54) is 6.07 Å². The van der Waals surface area contributed by atoms with Crippen LogP contribution in [-0.2, 0) is 0 Å². The van der Waals surface area contributed by atoms with Gasteiger partial charge in [0.2, 0.25) is 0 Å². The van der Waals surface area contributed by atoms with E-state index in [0.29, 0.717) is 18.8 Å². The number of carbonyl (C=O) groups is 1. The van der Waals surface area contributed by atoms with Crippen molar-refractivity contribution >= 4 is 11.7 Å². The minimum Gasteiger partial charge on any atom is -0.391 e. The molecule has 1 aromatic heterocycles. The van der Waals surface area contributed by atoms with Crippen molar-refractivity contribution in [1.82, 2.24) is 10.2 Å². The molecule has 1 atom stereocenters. The van der Waals surface area contributed by atoms with Gasteiger partial charge in [-0.15, -0.1) is 10.2 Å². The predicted octanol–water partition coefficient (Wildman–Crippen LogP) is 0.784. The van der Waals surface area contributed by atoms with Crippen molar-refractivity contribution < 1.29 is 9.90 Å². The van der Waals surface area contributed by atoms with Crippen LogP contribution in [0.5, 0.6) is 0 Å². The van der Waals surface area contributed by atoms with Gasteiger partial charge in [-0.1, -0.05) is 20.8 Å². The summed E-state index contributed by atoms with van der Waals surface area (Å²) in [6, 6.07) is 3.10. The lowest BCUT2D eigenvalue weighted by Crippen LogP contribution is -2.25. The summed E-state index contributed by atoms with van der Waals surface area (Å²) in [6.45, 7) is 6.59.